The summed E-state index contributed by atoms with van der Waals surface area (Å²) in [4.78, 5) is 15.5. The van der Waals surface area contributed by atoms with Crippen LogP contribution in [0.5, 0.6) is 0 Å². The number of nitrogens with one attached hydrogen (secondary N) is 1. The van der Waals surface area contributed by atoms with E-state index in [1.165, 1.54) is 6.42 Å². The molecule has 1 heterocycles. The number of carbonyl (C=O) groups is 1. The summed E-state index contributed by atoms with van der Waals surface area (Å²) in [5, 5.41) is 2.85. The minimum absolute atomic E-state index is 0.150. The van der Waals surface area contributed by atoms with Gasteiger partial charge in [-0.25, -0.2) is 4.98 Å². The molecule has 14 heavy (non-hydrogen) atoms. The van der Waals surface area contributed by atoms with Crippen molar-refractivity contribution >= 4 is 5.91 Å². The van der Waals surface area contributed by atoms with Crippen LogP contribution in [0.4, 0.5) is 0 Å². The Kier molecular flexibility index (Phi) is 2.52. The molecule has 0 aromatic carbocycles. The highest BCUT2D eigenvalue weighted by Crippen LogP contribution is 2.26. The molecule has 0 aliphatic heterocycles. The molecule has 0 saturated heterocycles. The first-order valence-corrected chi connectivity index (χ1v) is 4.94. The maximum absolute atomic E-state index is 11.4. The second-order valence-corrected chi connectivity index (χ2v) is 3.70. The molecule has 1 saturated carbocycles. The van der Waals surface area contributed by atoms with Crippen molar-refractivity contribution in [1.82, 2.24) is 10.3 Å². The van der Waals surface area contributed by atoms with E-state index in [-0.39, 0.29) is 11.8 Å². The summed E-state index contributed by atoms with van der Waals surface area (Å²) >= 11 is 0. The van der Waals surface area contributed by atoms with Crippen LogP contribution < -0.4 is 5.32 Å². The van der Waals surface area contributed by atoms with Gasteiger partial charge in [-0.2, -0.15) is 0 Å². The highest BCUT2D eigenvalue weighted by molar-refractivity contribution is 5.79. The molecule has 0 atom stereocenters. The molecule has 76 valence electrons. The zero-order valence-corrected chi connectivity index (χ0v) is 8.25. The lowest BCUT2D eigenvalue weighted by Gasteiger charge is -2.23. The summed E-state index contributed by atoms with van der Waals surface area (Å²) in [5.41, 5.74) is 0.787. The number of aryl methyl sites for hydroxylation is 1. The summed E-state index contributed by atoms with van der Waals surface area (Å²) in [6.07, 6.45) is 4.82. The average molecular weight is 194 g/mol. The van der Waals surface area contributed by atoms with Crippen LogP contribution in [0.1, 0.15) is 30.8 Å². The number of oxazole rings is 1. The number of hydrogen-bond donors (Lipinski definition) is 1. The van der Waals surface area contributed by atoms with Gasteiger partial charge in [-0.1, -0.05) is 6.42 Å². The predicted octanol–water partition coefficient (Wildman–Crippen LogP) is 1.40. The fourth-order valence-corrected chi connectivity index (χ4v) is 1.48. The third-order valence-corrected chi connectivity index (χ3v) is 2.59. The SMILES string of the molecule is Cc1nc(CNC(=O)C2CCC2)co1. The molecular formula is C10H14N2O2. The zero-order valence-electron chi connectivity index (χ0n) is 8.25. The Balaban J connectivity index is 1.79. The molecule has 4 heteroatoms. The van der Waals surface area contributed by atoms with Crippen LogP contribution in [-0.4, -0.2) is 10.9 Å². The molecule has 1 N–H and O–H groups in total. The van der Waals surface area contributed by atoms with Gasteiger partial charge in [0.15, 0.2) is 5.89 Å². The second kappa shape index (κ2) is 3.82. The Morgan fingerprint density at radius 1 is 1.71 bits per heavy atom. The number of aromatic nitrogens is 1. The van der Waals surface area contributed by atoms with Crippen LogP contribution in [0, 0.1) is 12.8 Å². The Hall–Kier alpha value is -1.32. The molecule has 1 amide bonds. The molecule has 0 bridgehead atoms. The van der Waals surface area contributed by atoms with Crippen molar-refractivity contribution in [2.75, 3.05) is 0 Å². The standard InChI is InChI=1S/C10H14N2O2/c1-7-12-9(6-14-7)5-11-10(13)8-3-2-4-8/h6,8H,2-5H2,1H3,(H,11,13). The normalized spacial score (nSPS) is 16.4. The Labute approximate surface area is 82.7 Å². The maximum atomic E-state index is 11.4. The highest BCUT2D eigenvalue weighted by atomic mass is 16.3. The topological polar surface area (TPSA) is 55.1 Å². The number of nitrogens with zero attached hydrogens (tertiary/aromatic N) is 1. The van der Waals surface area contributed by atoms with E-state index in [1.807, 2.05) is 0 Å². The molecule has 1 aliphatic rings. The van der Waals surface area contributed by atoms with Crippen LogP contribution >= 0.6 is 0 Å². The van der Waals surface area contributed by atoms with Crippen molar-refractivity contribution in [3.05, 3.63) is 17.8 Å². The number of carbonyl (C=O) groups excluding carboxylic acids is 1. The monoisotopic (exact) mass is 194 g/mol. The zero-order chi connectivity index (χ0) is 9.97. The molecule has 1 fully saturated rings. The molecule has 4 nitrogen and oxygen atoms in total. The van der Waals surface area contributed by atoms with E-state index >= 15 is 0 Å². The first-order valence-electron chi connectivity index (χ1n) is 4.94. The van der Waals surface area contributed by atoms with Gasteiger partial charge in [0.2, 0.25) is 5.91 Å². The van der Waals surface area contributed by atoms with Gasteiger partial charge in [0.05, 0.1) is 12.2 Å². The molecular weight excluding hydrogens is 180 g/mol. The van der Waals surface area contributed by atoms with Crippen molar-refractivity contribution in [1.29, 1.82) is 0 Å². The smallest absolute Gasteiger partial charge is 0.223 e. The molecule has 0 spiro atoms. The van der Waals surface area contributed by atoms with E-state index < -0.39 is 0 Å². The van der Waals surface area contributed by atoms with Crippen LogP contribution in [0.3, 0.4) is 0 Å². The lowest BCUT2D eigenvalue weighted by molar-refractivity contribution is -0.127. The summed E-state index contributed by atoms with van der Waals surface area (Å²) in [5.74, 6) is 1.03. The largest absolute Gasteiger partial charge is 0.449 e. The van der Waals surface area contributed by atoms with Gasteiger partial charge < -0.3 is 9.73 Å². The lowest BCUT2D eigenvalue weighted by Crippen LogP contribution is -2.34. The van der Waals surface area contributed by atoms with E-state index in [0.29, 0.717) is 12.4 Å². The van der Waals surface area contributed by atoms with E-state index in [0.717, 1.165) is 18.5 Å². The average Bonchev–Trinajstić information content (AvgIpc) is 2.45. The van der Waals surface area contributed by atoms with Crippen LogP contribution in [0.25, 0.3) is 0 Å². The van der Waals surface area contributed by atoms with Gasteiger partial charge in [-0.05, 0) is 12.8 Å². The van der Waals surface area contributed by atoms with Crippen molar-refractivity contribution < 1.29 is 9.21 Å². The number of rotatable bonds is 3. The van der Waals surface area contributed by atoms with E-state index in [1.54, 1.807) is 13.2 Å². The quantitative estimate of drug-likeness (QED) is 0.791. The van der Waals surface area contributed by atoms with Crippen LogP contribution in [0.15, 0.2) is 10.7 Å². The van der Waals surface area contributed by atoms with Gasteiger partial charge in [-0.3, -0.25) is 4.79 Å². The fourth-order valence-electron chi connectivity index (χ4n) is 1.48. The lowest BCUT2D eigenvalue weighted by atomic mass is 9.85. The van der Waals surface area contributed by atoms with E-state index in [4.69, 9.17) is 4.42 Å². The van der Waals surface area contributed by atoms with Crippen molar-refractivity contribution in [2.45, 2.75) is 32.7 Å². The van der Waals surface area contributed by atoms with Crippen LogP contribution in [0.2, 0.25) is 0 Å². The summed E-state index contributed by atoms with van der Waals surface area (Å²) < 4.78 is 5.04. The number of hydrogen-bond acceptors (Lipinski definition) is 3. The Bertz CT molecular complexity index is 329. The molecule has 0 radical (unpaired) electrons. The minimum Gasteiger partial charge on any atom is -0.449 e. The van der Waals surface area contributed by atoms with E-state index in [2.05, 4.69) is 10.3 Å². The second-order valence-electron chi connectivity index (χ2n) is 3.70. The maximum Gasteiger partial charge on any atom is 0.223 e. The summed E-state index contributed by atoms with van der Waals surface area (Å²) in [6.45, 7) is 2.27. The molecule has 1 aliphatic carbocycles. The Morgan fingerprint density at radius 2 is 2.50 bits per heavy atom. The van der Waals surface area contributed by atoms with Gasteiger partial charge in [0.25, 0.3) is 0 Å². The molecule has 0 unspecified atom stereocenters. The van der Waals surface area contributed by atoms with Crippen molar-refractivity contribution in [3.63, 3.8) is 0 Å². The third-order valence-electron chi connectivity index (χ3n) is 2.59. The number of amides is 1. The summed E-state index contributed by atoms with van der Waals surface area (Å²) in [6, 6.07) is 0. The fraction of sp³-hybridized carbons (Fsp3) is 0.600. The predicted molar refractivity (Wildman–Crippen MR) is 50.4 cm³/mol. The van der Waals surface area contributed by atoms with Crippen molar-refractivity contribution in [2.24, 2.45) is 5.92 Å². The minimum atomic E-state index is 0.150. The summed E-state index contributed by atoms with van der Waals surface area (Å²) in [7, 11) is 0. The van der Waals surface area contributed by atoms with E-state index in [9.17, 15) is 4.79 Å². The highest BCUT2D eigenvalue weighted by Gasteiger charge is 2.24. The van der Waals surface area contributed by atoms with Gasteiger partial charge in [-0.15, -0.1) is 0 Å². The van der Waals surface area contributed by atoms with Gasteiger partial charge >= 0.3 is 0 Å². The molecule has 1 aromatic rings. The Morgan fingerprint density at radius 3 is 3.00 bits per heavy atom. The van der Waals surface area contributed by atoms with Crippen molar-refractivity contribution in [3.8, 4) is 0 Å². The third kappa shape index (κ3) is 1.95. The first-order chi connectivity index (χ1) is 6.75. The van der Waals surface area contributed by atoms with Gasteiger partial charge in [0, 0.05) is 12.8 Å². The molecule has 1 aromatic heterocycles. The van der Waals surface area contributed by atoms with Crippen LogP contribution in [-0.2, 0) is 11.3 Å². The van der Waals surface area contributed by atoms with Gasteiger partial charge in [0.1, 0.15) is 6.26 Å². The first kappa shape index (κ1) is 9.24. The molecule has 2 rings (SSSR count).